The average molecular weight is 299 g/mol. The Morgan fingerprint density at radius 1 is 1.43 bits per heavy atom. The van der Waals surface area contributed by atoms with Crippen LogP contribution in [0.15, 0.2) is 18.2 Å². The summed E-state index contributed by atoms with van der Waals surface area (Å²) in [6.45, 7) is 1.99. The second kappa shape index (κ2) is 7.55. The number of nitro groups is 1. The lowest BCUT2D eigenvalue weighted by Gasteiger charge is -2.19. The zero-order valence-corrected chi connectivity index (χ0v) is 11.7. The van der Waals surface area contributed by atoms with Gasteiger partial charge in [-0.3, -0.25) is 14.9 Å². The van der Waals surface area contributed by atoms with Crippen molar-refractivity contribution >= 4 is 11.7 Å². The molecule has 0 aliphatic rings. The molecule has 0 bridgehead atoms. The Kier molecular flexibility index (Phi) is 6.07. The number of hydrogen-bond acceptors (Lipinski definition) is 7. The highest BCUT2D eigenvalue weighted by Crippen LogP contribution is 2.32. The molecule has 2 N–H and O–H groups in total. The zero-order chi connectivity index (χ0) is 16.0. The monoisotopic (exact) mass is 299 g/mol. The first-order valence-electron chi connectivity index (χ1n) is 6.24. The topological polar surface area (TPSA) is 119 Å². The fourth-order valence-electron chi connectivity index (χ4n) is 1.74. The van der Waals surface area contributed by atoms with E-state index in [1.165, 1.54) is 12.1 Å². The smallest absolute Gasteiger partial charge is 0.308 e. The number of nitrogens with zero attached hydrogens (tertiary/aromatic N) is 1. The molecule has 116 valence electrons. The van der Waals surface area contributed by atoms with Gasteiger partial charge < -0.3 is 19.7 Å². The van der Waals surface area contributed by atoms with Crippen molar-refractivity contribution < 1.29 is 29.4 Å². The molecule has 21 heavy (non-hydrogen) atoms. The van der Waals surface area contributed by atoms with Crippen LogP contribution in [0.25, 0.3) is 0 Å². The molecule has 0 aromatic heterocycles. The maximum atomic E-state index is 11.1. The van der Waals surface area contributed by atoms with E-state index in [9.17, 15) is 25.1 Å². The number of benzene rings is 1. The maximum Gasteiger partial charge on any atom is 0.308 e. The van der Waals surface area contributed by atoms with Gasteiger partial charge in [0, 0.05) is 17.7 Å². The number of ether oxygens (including phenoxy) is 2. The molecule has 2 atom stereocenters. The Bertz CT molecular complexity index is 517. The highest BCUT2D eigenvalue weighted by Gasteiger charge is 2.26. The number of carbonyl (C=O) groups is 1. The van der Waals surface area contributed by atoms with Crippen LogP contribution in [0.2, 0.25) is 0 Å². The largest absolute Gasteiger partial charge is 0.493 e. The minimum absolute atomic E-state index is 0.0439. The van der Waals surface area contributed by atoms with Crippen molar-refractivity contribution in [3.63, 3.8) is 0 Å². The van der Waals surface area contributed by atoms with Gasteiger partial charge in [0.1, 0.15) is 11.9 Å². The van der Waals surface area contributed by atoms with Crippen LogP contribution in [0.4, 0.5) is 5.69 Å². The predicted molar refractivity (Wildman–Crippen MR) is 71.9 cm³/mol. The van der Waals surface area contributed by atoms with Crippen LogP contribution in [-0.4, -0.2) is 40.9 Å². The Morgan fingerprint density at radius 2 is 2.10 bits per heavy atom. The lowest BCUT2D eigenvalue weighted by molar-refractivity contribution is -0.385. The van der Waals surface area contributed by atoms with Crippen molar-refractivity contribution in [2.45, 2.75) is 25.6 Å². The van der Waals surface area contributed by atoms with Gasteiger partial charge in [-0.15, -0.1) is 0 Å². The molecular weight excluding hydrogens is 282 g/mol. The van der Waals surface area contributed by atoms with Crippen molar-refractivity contribution in [2.24, 2.45) is 0 Å². The normalized spacial score (nSPS) is 13.3. The summed E-state index contributed by atoms with van der Waals surface area (Å²) in [4.78, 5) is 21.3. The van der Waals surface area contributed by atoms with Gasteiger partial charge in [0.25, 0.3) is 5.69 Å². The fraction of sp³-hybridized carbons (Fsp3) is 0.462. The first kappa shape index (κ1) is 16.9. The molecule has 0 radical (unpaired) electrons. The second-order valence-electron chi connectivity index (χ2n) is 4.20. The third-order valence-electron chi connectivity index (χ3n) is 2.79. The summed E-state index contributed by atoms with van der Waals surface area (Å²) < 4.78 is 9.66. The van der Waals surface area contributed by atoms with Gasteiger partial charge in [0.2, 0.25) is 0 Å². The summed E-state index contributed by atoms with van der Waals surface area (Å²) in [6, 6.07) is 3.68. The second-order valence-corrected chi connectivity index (χ2v) is 4.20. The van der Waals surface area contributed by atoms with E-state index in [1.54, 1.807) is 6.92 Å². The van der Waals surface area contributed by atoms with Crippen molar-refractivity contribution in [3.8, 4) is 5.75 Å². The first-order valence-corrected chi connectivity index (χ1v) is 6.24. The van der Waals surface area contributed by atoms with Crippen LogP contribution < -0.4 is 4.74 Å². The molecule has 1 aromatic carbocycles. The number of non-ortho nitro benzene ring substituents is 1. The average Bonchev–Trinajstić information content (AvgIpc) is 2.46. The van der Waals surface area contributed by atoms with Crippen molar-refractivity contribution in [1.29, 1.82) is 0 Å². The van der Waals surface area contributed by atoms with E-state index in [4.69, 9.17) is 4.74 Å². The highest BCUT2D eigenvalue weighted by atomic mass is 16.6. The lowest BCUT2D eigenvalue weighted by atomic mass is 10.0. The standard InChI is InChI=1S/C13H17NO7/c1-3-21-11-5-4-8(14(18)19)6-9(11)13(17)10(15)7-12(16)20-2/h4-6,10,13,15,17H,3,7H2,1-2H3. The van der Waals surface area contributed by atoms with Gasteiger partial charge in [-0.05, 0) is 13.0 Å². The first-order chi connectivity index (χ1) is 9.90. The third-order valence-corrected chi connectivity index (χ3v) is 2.79. The van der Waals surface area contributed by atoms with Gasteiger partial charge in [-0.2, -0.15) is 0 Å². The summed E-state index contributed by atoms with van der Waals surface area (Å²) in [6.07, 6.45) is -3.41. The fourth-order valence-corrected chi connectivity index (χ4v) is 1.74. The SMILES string of the molecule is CCOc1ccc([N+](=O)[O-])cc1C(O)C(O)CC(=O)OC. The van der Waals surface area contributed by atoms with Crippen LogP contribution >= 0.6 is 0 Å². The predicted octanol–water partition coefficient (Wildman–Crippen LogP) is 0.951. The number of rotatable bonds is 7. The van der Waals surface area contributed by atoms with E-state index in [0.29, 0.717) is 0 Å². The van der Waals surface area contributed by atoms with Gasteiger partial charge in [-0.1, -0.05) is 0 Å². The molecule has 0 saturated carbocycles. The van der Waals surface area contributed by atoms with Crippen LogP contribution in [0.3, 0.4) is 0 Å². The van der Waals surface area contributed by atoms with Crippen LogP contribution in [0.1, 0.15) is 25.0 Å². The molecule has 2 unspecified atom stereocenters. The summed E-state index contributed by atoms with van der Waals surface area (Å²) in [5, 5.41) is 30.7. The van der Waals surface area contributed by atoms with Gasteiger partial charge >= 0.3 is 5.97 Å². The number of esters is 1. The maximum absolute atomic E-state index is 11.1. The molecule has 1 rings (SSSR count). The highest BCUT2D eigenvalue weighted by molar-refractivity contribution is 5.69. The molecule has 0 aliphatic heterocycles. The molecular formula is C13H17NO7. The van der Waals surface area contributed by atoms with Crippen molar-refractivity contribution in [1.82, 2.24) is 0 Å². The van der Waals surface area contributed by atoms with Crippen LogP contribution in [0, 0.1) is 10.1 Å². The molecule has 0 saturated heterocycles. The van der Waals surface area contributed by atoms with E-state index in [0.717, 1.165) is 13.2 Å². The van der Waals surface area contributed by atoms with E-state index in [2.05, 4.69) is 4.74 Å². The van der Waals surface area contributed by atoms with E-state index in [-0.39, 0.29) is 23.6 Å². The van der Waals surface area contributed by atoms with E-state index >= 15 is 0 Å². The molecule has 8 heteroatoms. The van der Waals surface area contributed by atoms with Gasteiger partial charge in [-0.25, -0.2) is 0 Å². The zero-order valence-electron chi connectivity index (χ0n) is 11.7. The quantitative estimate of drug-likeness (QED) is 0.437. The number of methoxy groups -OCH3 is 1. The Morgan fingerprint density at radius 3 is 2.62 bits per heavy atom. The molecule has 0 amide bonds. The van der Waals surface area contributed by atoms with Crippen molar-refractivity contribution in [2.75, 3.05) is 13.7 Å². The molecule has 8 nitrogen and oxygen atoms in total. The molecule has 0 aliphatic carbocycles. The molecule has 0 heterocycles. The van der Waals surface area contributed by atoms with E-state index < -0.39 is 29.5 Å². The number of carbonyl (C=O) groups excluding carboxylic acids is 1. The number of aliphatic hydroxyl groups excluding tert-OH is 2. The van der Waals surface area contributed by atoms with Crippen molar-refractivity contribution in [3.05, 3.63) is 33.9 Å². The van der Waals surface area contributed by atoms with Gasteiger partial charge in [0.05, 0.1) is 31.2 Å². The van der Waals surface area contributed by atoms with Gasteiger partial charge in [0.15, 0.2) is 0 Å². The summed E-state index contributed by atoms with van der Waals surface area (Å²) >= 11 is 0. The summed E-state index contributed by atoms with van der Waals surface area (Å²) in [5.41, 5.74) is -0.208. The minimum atomic E-state index is -1.51. The third kappa shape index (κ3) is 4.40. The number of hydrogen-bond donors (Lipinski definition) is 2. The lowest BCUT2D eigenvalue weighted by Crippen LogP contribution is -2.23. The summed E-state index contributed by atoms with van der Waals surface area (Å²) in [5.74, 6) is -0.496. The van der Waals surface area contributed by atoms with Crippen LogP contribution in [-0.2, 0) is 9.53 Å². The Labute approximate surface area is 121 Å². The minimum Gasteiger partial charge on any atom is -0.493 e. The number of nitro benzene ring substituents is 1. The molecule has 0 spiro atoms. The molecule has 0 fully saturated rings. The number of aliphatic hydroxyl groups is 2. The van der Waals surface area contributed by atoms with Crippen LogP contribution in [0.5, 0.6) is 5.75 Å². The Hall–Kier alpha value is -2.19. The van der Waals surface area contributed by atoms with E-state index in [1.807, 2.05) is 0 Å². The molecule has 1 aromatic rings. The Balaban J connectivity index is 3.08. The summed E-state index contributed by atoms with van der Waals surface area (Å²) in [7, 11) is 1.15.